The highest BCUT2D eigenvalue weighted by atomic mass is 32.1. The first-order valence-electron chi connectivity index (χ1n) is 10.2. The summed E-state index contributed by atoms with van der Waals surface area (Å²) in [6.07, 6.45) is 0.110. The Bertz CT molecular complexity index is 1320. The zero-order valence-electron chi connectivity index (χ0n) is 17.9. The average molecular weight is 478 g/mol. The molecule has 1 aromatic heterocycles. The number of anilines is 1. The summed E-state index contributed by atoms with van der Waals surface area (Å²) in [6, 6.07) is 3.38. The molecule has 2 aliphatic rings. The van der Waals surface area contributed by atoms with E-state index in [1.165, 1.54) is 23.5 Å². The first-order valence-corrected chi connectivity index (χ1v) is 11.2. The number of thiophene rings is 1. The minimum Gasteiger partial charge on any atom is -0.337 e. The van der Waals surface area contributed by atoms with E-state index >= 15 is 0 Å². The summed E-state index contributed by atoms with van der Waals surface area (Å²) in [6.45, 7) is 1.70. The molecule has 2 aromatic rings. The number of hydrogen-bond donors (Lipinski definition) is 3. The summed E-state index contributed by atoms with van der Waals surface area (Å²) in [5.41, 5.74) is 2.09. The topological polar surface area (TPSA) is 142 Å². The number of benzene rings is 1. The minimum atomic E-state index is -1.04. The van der Waals surface area contributed by atoms with Gasteiger partial charge in [0, 0.05) is 17.4 Å². The molecule has 1 fully saturated rings. The van der Waals surface area contributed by atoms with E-state index in [0.29, 0.717) is 11.3 Å². The van der Waals surface area contributed by atoms with Gasteiger partial charge in [0.15, 0.2) is 0 Å². The highest BCUT2D eigenvalue weighted by Gasteiger charge is 2.44. The molecule has 3 heterocycles. The summed E-state index contributed by atoms with van der Waals surface area (Å²) >= 11 is 1.41. The summed E-state index contributed by atoms with van der Waals surface area (Å²) in [5.74, 6) is 1.45. The van der Waals surface area contributed by atoms with Gasteiger partial charge < -0.3 is 10.6 Å². The highest BCUT2D eigenvalue weighted by molar-refractivity contribution is 7.08. The van der Waals surface area contributed by atoms with E-state index < -0.39 is 41.5 Å². The van der Waals surface area contributed by atoms with Gasteiger partial charge in [-0.3, -0.25) is 39.0 Å². The van der Waals surface area contributed by atoms with Crippen LogP contribution in [0.5, 0.6) is 0 Å². The molecule has 1 atom stereocenters. The number of fused-ring (bicyclic) bond motifs is 1. The Morgan fingerprint density at radius 3 is 2.59 bits per heavy atom. The van der Waals surface area contributed by atoms with Crippen LogP contribution in [0.3, 0.4) is 0 Å². The predicted molar refractivity (Wildman–Crippen MR) is 121 cm³/mol. The minimum absolute atomic E-state index is 0.0388. The van der Waals surface area contributed by atoms with Crippen molar-refractivity contribution in [2.24, 2.45) is 0 Å². The maximum Gasteiger partial charge on any atom is 0.313 e. The van der Waals surface area contributed by atoms with Gasteiger partial charge in [-0.2, -0.15) is 0 Å². The summed E-state index contributed by atoms with van der Waals surface area (Å²) in [4.78, 5) is 73.7. The Morgan fingerprint density at radius 2 is 1.88 bits per heavy atom. The molecule has 0 bridgehead atoms. The Hall–Kier alpha value is -4.30. The summed E-state index contributed by atoms with van der Waals surface area (Å²) in [5, 5.41) is 10.6. The van der Waals surface area contributed by atoms with Gasteiger partial charge in [-0.25, -0.2) is 0 Å². The third-order valence-corrected chi connectivity index (χ3v) is 6.18. The number of hydrogen-bond acceptors (Lipinski definition) is 7. The lowest BCUT2D eigenvalue weighted by molar-refractivity contribution is -0.136. The van der Waals surface area contributed by atoms with E-state index in [1.807, 2.05) is 12.3 Å². The molecule has 1 aromatic carbocycles. The summed E-state index contributed by atoms with van der Waals surface area (Å²) in [7, 11) is 0. The normalized spacial score (nSPS) is 17.0. The zero-order valence-corrected chi connectivity index (χ0v) is 18.7. The molecule has 0 saturated carbocycles. The molecule has 1 unspecified atom stereocenters. The second-order valence-corrected chi connectivity index (χ2v) is 8.36. The molecule has 3 N–H and O–H groups in total. The molecule has 34 heavy (non-hydrogen) atoms. The van der Waals surface area contributed by atoms with Crippen molar-refractivity contribution >= 4 is 52.5 Å². The first-order chi connectivity index (χ1) is 16.3. The van der Waals surface area contributed by atoms with Crippen LogP contribution in [-0.4, -0.2) is 52.9 Å². The number of imide groups is 2. The van der Waals surface area contributed by atoms with Crippen LogP contribution < -0.4 is 16.0 Å². The van der Waals surface area contributed by atoms with E-state index in [1.54, 1.807) is 11.4 Å². The van der Waals surface area contributed by atoms with E-state index in [0.717, 1.165) is 10.5 Å². The number of piperidine rings is 1. The predicted octanol–water partition coefficient (Wildman–Crippen LogP) is 0.564. The fourth-order valence-corrected chi connectivity index (χ4v) is 4.35. The molecule has 1 saturated heterocycles. The van der Waals surface area contributed by atoms with Crippen LogP contribution in [0.15, 0.2) is 29.0 Å². The molecule has 0 radical (unpaired) electrons. The molecule has 11 heteroatoms. The molecular formula is C23H18N4O6S. The molecular weight excluding hydrogens is 460 g/mol. The van der Waals surface area contributed by atoms with Crippen LogP contribution in [0.4, 0.5) is 5.69 Å². The van der Waals surface area contributed by atoms with Gasteiger partial charge >= 0.3 is 11.8 Å². The van der Waals surface area contributed by atoms with Gasteiger partial charge in [0.2, 0.25) is 11.8 Å². The van der Waals surface area contributed by atoms with Gasteiger partial charge in [-0.05, 0) is 42.5 Å². The van der Waals surface area contributed by atoms with Gasteiger partial charge in [0.1, 0.15) is 6.04 Å². The van der Waals surface area contributed by atoms with Gasteiger partial charge in [-0.1, -0.05) is 11.8 Å². The van der Waals surface area contributed by atoms with Crippen molar-refractivity contribution in [1.82, 2.24) is 15.5 Å². The molecule has 4 rings (SSSR count). The van der Waals surface area contributed by atoms with E-state index in [-0.39, 0.29) is 30.5 Å². The monoisotopic (exact) mass is 478 g/mol. The first kappa shape index (κ1) is 22.9. The van der Waals surface area contributed by atoms with Crippen molar-refractivity contribution < 1.29 is 28.8 Å². The Labute approximate surface area is 197 Å². The number of amides is 6. The van der Waals surface area contributed by atoms with Crippen LogP contribution in [0.25, 0.3) is 0 Å². The Balaban J connectivity index is 1.38. The number of rotatable bonds is 3. The smallest absolute Gasteiger partial charge is 0.313 e. The van der Waals surface area contributed by atoms with E-state index in [4.69, 9.17) is 0 Å². The molecule has 172 valence electrons. The van der Waals surface area contributed by atoms with Gasteiger partial charge in [0.05, 0.1) is 23.4 Å². The van der Waals surface area contributed by atoms with Crippen molar-refractivity contribution in [3.8, 4) is 11.8 Å². The zero-order chi connectivity index (χ0) is 24.4. The lowest BCUT2D eigenvalue weighted by Gasteiger charge is -2.27. The largest absolute Gasteiger partial charge is 0.337 e. The number of carbonyl (C=O) groups is 6. The second-order valence-electron chi connectivity index (χ2n) is 7.61. The molecule has 0 aliphatic carbocycles. The van der Waals surface area contributed by atoms with Gasteiger partial charge in [0.25, 0.3) is 11.8 Å². The SMILES string of the molecule is Cc1cscc1NC(=O)C(=O)NCC#Cc1ccc2c(c1)C(=O)N(C1CCC(=O)NC1=O)C2=O. The Morgan fingerprint density at radius 1 is 1.12 bits per heavy atom. The van der Waals surface area contributed by atoms with Crippen LogP contribution in [0.1, 0.15) is 44.7 Å². The van der Waals surface area contributed by atoms with Crippen molar-refractivity contribution in [1.29, 1.82) is 0 Å². The Kier molecular flexibility index (Phi) is 6.25. The number of nitrogens with zero attached hydrogens (tertiary/aromatic N) is 1. The average Bonchev–Trinajstić information content (AvgIpc) is 3.31. The van der Waals surface area contributed by atoms with Crippen molar-refractivity contribution in [2.45, 2.75) is 25.8 Å². The third kappa shape index (κ3) is 4.44. The summed E-state index contributed by atoms with van der Waals surface area (Å²) < 4.78 is 0. The highest BCUT2D eigenvalue weighted by Crippen LogP contribution is 2.28. The molecule has 10 nitrogen and oxygen atoms in total. The van der Waals surface area contributed by atoms with Crippen molar-refractivity contribution in [3.05, 3.63) is 51.2 Å². The molecule has 0 spiro atoms. The quantitative estimate of drug-likeness (QED) is 0.334. The van der Waals surface area contributed by atoms with E-state index in [2.05, 4.69) is 27.8 Å². The standard InChI is InChI=1S/C23H18N4O6S/c1-12-10-34-11-16(12)25-21(31)20(30)24-8-2-3-13-4-5-14-15(9-13)23(33)27(22(14)32)17-6-7-18(28)26-19(17)29/h4-5,9-11,17H,6-8H2,1H3,(H,24,30)(H,25,31)(H,26,28,29). The second kappa shape index (κ2) is 9.29. The van der Waals surface area contributed by atoms with E-state index in [9.17, 15) is 28.8 Å². The number of aryl methyl sites for hydroxylation is 1. The van der Waals surface area contributed by atoms with Crippen LogP contribution in [0.2, 0.25) is 0 Å². The maximum absolute atomic E-state index is 12.8. The fraction of sp³-hybridized carbons (Fsp3) is 0.217. The lowest BCUT2D eigenvalue weighted by Crippen LogP contribution is -2.54. The molecule has 2 aliphatic heterocycles. The van der Waals surface area contributed by atoms with Crippen LogP contribution in [0, 0.1) is 18.8 Å². The van der Waals surface area contributed by atoms with Crippen molar-refractivity contribution in [2.75, 3.05) is 11.9 Å². The third-order valence-electron chi connectivity index (χ3n) is 5.32. The van der Waals surface area contributed by atoms with Crippen LogP contribution in [-0.2, 0) is 19.2 Å². The fourth-order valence-electron chi connectivity index (χ4n) is 3.57. The maximum atomic E-state index is 12.8. The van der Waals surface area contributed by atoms with Gasteiger partial charge in [-0.15, -0.1) is 11.3 Å². The molecule has 6 amide bonds. The number of carbonyl (C=O) groups excluding carboxylic acids is 6. The van der Waals surface area contributed by atoms with Crippen molar-refractivity contribution in [3.63, 3.8) is 0 Å². The number of nitrogens with one attached hydrogen (secondary N) is 3. The lowest BCUT2D eigenvalue weighted by atomic mass is 10.0. The van der Waals surface area contributed by atoms with Crippen LogP contribution >= 0.6 is 11.3 Å².